The molecule has 0 saturated heterocycles. The van der Waals surface area contributed by atoms with Gasteiger partial charge in [-0.05, 0) is 35.9 Å². The van der Waals surface area contributed by atoms with Crippen molar-refractivity contribution in [1.82, 2.24) is 9.97 Å². The van der Waals surface area contributed by atoms with E-state index in [1.807, 2.05) is 55.6 Å². The van der Waals surface area contributed by atoms with Crippen molar-refractivity contribution in [2.75, 3.05) is 37.5 Å². The second-order valence-corrected chi connectivity index (χ2v) is 6.03. The molecule has 140 valence electrons. The molecule has 2 aromatic carbocycles. The average Bonchev–Trinajstić information content (AvgIpc) is 2.72. The van der Waals surface area contributed by atoms with Crippen LogP contribution in [-0.2, 0) is 6.54 Å². The standard InChI is InChI=1S/C21H24N4O2/c1-25(16-17-6-4-3-5-7-17)20-12-13-22-21(24-20)23-14-15-27-19-10-8-18(26-2)9-11-19/h3-13H,14-16H2,1-2H3,(H,22,23,24). The molecule has 0 aliphatic rings. The van der Waals surface area contributed by atoms with E-state index < -0.39 is 0 Å². The Morgan fingerprint density at radius 2 is 1.70 bits per heavy atom. The molecule has 1 aromatic heterocycles. The SMILES string of the molecule is COc1ccc(OCCNc2nccc(N(C)Cc3ccccc3)n2)cc1. The van der Waals surface area contributed by atoms with Crippen LogP contribution in [0.15, 0.2) is 66.9 Å². The Morgan fingerprint density at radius 3 is 2.44 bits per heavy atom. The number of anilines is 2. The summed E-state index contributed by atoms with van der Waals surface area (Å²) in [5.74, 6) is 3.07. The van der Waals surface area contributed by atoms with Gasteiger partial charge < -0.3 is 19.7 Å². The van der Waals surface area contributed by atoms with Gasteiger partial charge in [0.25, 0.3) is 0 Å². The number of methoxy groups -OCH3 is 1. The minimum Gasteiger partial charge on any atom is -0.497 e. The zero-order valence-electron chi connectivity index (χ0n) is 15.6. The normalized spacial score (nSPS) is 10.3. The lowest BCUT2D eigenvalue weighted by Crippen LogP contribution is -2.19. The maximum absolute atomic E-state index is 5.70. The van der Waals surface area contributed by atoms with Crippen molar-refractivity contribution < 1.29 is 9.47 Å². The van der Waals surface area contributed by atoms with Gasteiger partial charge in [0, 0.05) is 19.8 Å². The van der Waals surface area contributed by atoms with Gasteiger partial charge in [-0.1, -0.05) is 30.3 Å². The molecule has 0 unspecified atom stereocenters. The second-order valence-electron chi connectivity index (χ2n) is 6.03. The zero-order chi connectivity index (χ0) is 18.9. The van der Waals surface area contributed by atoms with E-state index in [1.54, 1.807) is 13.3 Å². The van der Waals surface area contributed by atoms with E-state index in [0.29, 0.717) is 19.1 Å². The summed E-state index contributed by atoms with van der Waals surface area (Å²) in [4.78, 5) is 10.9. The van der Waals surface area contributed by atoms with E-state index in [0.717, 1.165) is 23.9 Å². The number of hydrogen-bond acceptors (Lipinski definition) is 6. The number of nitrogens with zero attached hydrogens (tertiary/aromatic N) is 3. The van der Waals surface area contributed by atoms with Crippen LogP contribution in [0.5, 0.6) is 11.5 Å². The predicted octanol–water partition coefficient (Wildman–Crippen LogP) is 3.61. The van der Waals surface area contributed by atoms with Gasteiger partial charge in [0.05, 0.1) is 13.7 Å². The quantitative estimate of drug-likeness (QED) is 0.585. The average molecular weight is 364 g/mol. The summed E-state index contributed by atoms with van der Waals surface area (Å²) in [6.45, 7) is 1.91. The van der Waals surface area contributed by atoms with Crippen LogP contribution in [0.4, 0.5) is 11.8 Å². The highest BCUT2D eigenvalue weighted by atomic mass is 16.5. The summed E-state index contributed by atoms with van der Waals surface area (Å²) < 4.78 is 10.8. The number of nitrogens with one attached hydrogen (secondary N) is 1. The fourth-order valence-electron chi connectivity index (χ4n) is 2.59. The number of ether oxygens (including phenoxy) is 2. The van der Waals surface area contributed by atoms with Gasteiger partial charge in [-0.3, -0.25) is 0 Å². The predicted molar refractivity (Wildman–Crippen MR) is 108 cm³/mol. The van der Waals surface area contributed by atoms with E-state index in [1.165, 1.54) is 5.56 Å². The molecular weight excluding hydrogens is 340 g/mol. The lowest BCUT2D eigenvalue weighted by Gasteiger charge is -2.18. The molecule has 0 aliphatic carbocycles. The molecule has 27 heavy (non-hydrogen) atoms. The zero-order valence-corrected chi connectivity index (χ0v) is 15.6. The molecular formula is C21H24N4O2. The number of aromatic nitrogens is 2. The molecule has 0 aliphatic heterocycles. The van der Waals surface area contributed by atoms with Crippen LogP contribution in [0.25, 0.3) is 0 Å². The number of hydrogen-bond donors (Lipinski definition) is 1. The first-order chi connectivity index (χ1) is 13.2. The van der Waals surface area contributed by atoms with Gasteiger partial charge in [0.2, 0.25) is 5.95 Å². The molecule has 0 amide bonds. The van der Waals surface area contributed by atoms with Crippen LogP contribution in [0.3, 0.4) is 0 Å². The highest BCUT2D eigenvalue weighted by Gasteiger charge is 2.05. The summed E-state index contributed by atoms with van der Waals surface area (Å²) in [5, 5.41) is 3.20. The molecule has 1 heterocycles. The first kappa shape index (κ1) is 18.5. The lowest BCUT2D eigenvalue weighted by molar-refractivity contribution is 0.331. The maximum Gasteiger partial charge on any atom is 0.224 e. The highest BCUT2D eigenvalue weighted by molar-refractivity contribution is 5.42. The monoisotopic (exact) mass is 364 g/mol. The van der Waals surface area contributed by atoms with Crippen LogP contribution in [0, 0.1) is 0 Å². The van der Waals surface area contributed by atoms with Gasteiger partial charge in [-0.25, -0.2) is 4.98 Å². The van der Waals surface area contributed by atoms with Crippen molar-refractivity contribution in [1.29, 1.82) is 0 Å². The molecule has 6 heteroatoms. The van der Waals surface area contributed by atoms with Crippen molar-refractivity contribution in [2.24, 2.45) is 0 Å². The Labute approximate surface area is 159 Å². The van der Waals surface area contributed by atoms with Crippen LogP contribution >= 0.6 is 0 Å². The third-order valence-electron chi connectivity index (χ3n) is 4.01. The van der Waals surface area contributed by atoms with Crippen molar-refractivity contribution >= 4 is 11.8 Å². The minimum atomic E-state index is 0.514. The second kappa shape index (κ2) is 9.43. The molecule has 0 bridgehead atoms. The Bertz CT molecular complexity index is 825. The summed E-state index contributed by atoms with van der Waals surface area (Å²) in [6, 6.07) is 19.7. The first-order valence-electron chi connectivity index (χ1n) is 8.83. The van der Waals surface area contributed by atoms with Crippen molar-refractivity contribution in [3.05, 3.63) is 72.4 Å². The molecule has 0 saturated carbocycles. The largest absolute Gasteiger partial charge is 0.497 e. The van der Waals surface area contributed by atoms with Gasteiger partial charge in [-0.2, -0.15) is 4.98 Å². The Balaban J connectivity index is 1.48. The number of benzene rings is 2. The van der Waals surface area contributed by atoms with Crippen LogP contribution in [0.2, 0.25) is 0 Å². The summed E-state index contributed by atoms with van der Waals surface area (Å²) in [5.41, 5.74) is 1.24. The third kappa shape index (κ3) is 5.60. The van der Waals surface area contributed by atoms with E-state index in [4.69, 9.17) is 9.47 Å². The van der Waals surface area contributed by atoms with Gasteiger partial charge >= 0.3 is 0 Å². The van der Waals surface area contributed by atoms with Gasteiger partial charge in [0.1, 0.15) is 23.9 Å². The fraction of sp³-hybridized carbons (Fsp3) is 0.238. The molecule has 6 nitrogen and oxygen atoms in total. The molecule has 3 rings (SSSR count). The third-order valence-corrected chi connectivity index (χ3v) is 4.01. The molecule has 3 aromatic rings. The molecule has 1 N–H and O–H groups in total. The van der Waals surface area contributed by atoms with Crippen molar-refractivity contribution in [2.45, 2.75) is 6.54 Å². The molecule has 0 radical (unpaired) electrons. The van der Waals surface area contributed by atoms with E-state index in [9.17, 15) is 0 Å². The Kier molecular flexibility index (Phi) is 6.46. The van der Waals surface area contributed by atoms with Crippen LogP contribution in [0.1, 0.15) is 5.56 Å². The fourth-order valence-corrected chi connectivity index (χ4v) is 2.59. The van der Waals surface area contributed by atoms with Crippen molar-refractivity contribution in [3.8, 4) is 11.5 Å². The number of rotatable bonds is 9. The Hall–Kier alpha value is -3.28. The molecule has 0 atom stereocenters. The lowest BCUT2D eigenvalue weighted by atomic mass is 10.2. The van der Waals surface area contributed by atoms with Crippen LogP contribution in [-0.4, -0.2) is 37.3 Å². The molecule has 0 spiro atoms. The van der Waals surface area contributed by atoms with Crippen molar-refractivity contribution in [3.63, 3.8) is 0 Å². The van der Waals surface area contributed by atoms with E-state index >= 15 is 0 Å². The first-order valence-corrected chi connectivity index (χ1v) is 8.83. The smallest absolute Gasteiger partial charge is 0.224 e. The van der Waals surface area contributed by atoms with E-state index in [2.05, 4.69) is 32.3 Å². The maximum atomic E-state index is 5.70. The van der Waals surface area contributed by atoms with Gasteiger partial charge in [0.15, 0.2) is 0 Å². The summed E-state index contributed by atoms with van der Waals surface area (Å²) in [6.07, 6.45) is 1.76. The summed E-state index contributed by atoms with van der Waals surface area (Å²) in [7, 11) is 3.66. The summed E-state index contributed by atoms with van der Waals surface area (Å²) >= 11 is 0. The van der Waals surface area contributed by atoms with Gasteiger partial charge in [-0.15, -0.1) is 0 Å². The Morgan fingerprint density at radius 1 is 0.963 bits per heavy atom. The highest BCUT2D eigenvalue weighted by Crippen LogP contribution is 2.17. The molecule has 0 fully saturated rings. The minimum absolute atomic E-state index is 0.514. The topological polar surface area (TPSA) is 59.5 Å². The van der Waals surface area contributed by atoms with Crippen LogP contribution < -0.4 is 19.7 Å². The van der Waals surface area contributed by atoms with E-state index in [-0.39, 0.29) is 0 Å².